The summed E-state index contributed by atoms with van der Waals surface area (Å²) >= 11 is 0. The van der Waals surface area contributed by atoms with E-state index in [2.05, 4.69) is 39.0 Å². The Balaban J connectivity index is 0.000000861. The molecule has 1 aromatic heterocycles. The first-order valence-electron chi connectivity index (χ1n) is 14.0. The predicted octanol–water partition coefficient (Wildman–Crippen LogP) is 9.22. The van der Waals surface area contributed by atoms with Gasteiger partial charge >= 0.3 is 7.40 Å². The van der Waals surface area contributed by atoms with Gasteiger partial charge < -0.3 is 4.48 Å². The zero-order chi connectivity index (χ0) is 26.6. The van der Waals surface area contributed by atoms with Crippen LogP contribution in [0.4, 0.5) is 8.63 Å². The van der Waals surface area contributed by atoms with Gasteiger partial charge in [0.15, 0.2) is 0 Å². The fourth-order valence-corrected chi connectivity index (χ4v) is 6.17. The normalized spacial score (nSPS) is 17.8. The Bertz CT molecular complexity index is 1180. The van der Waals surface area contributed by atoms with Crippen molar-refractivity contribution in [1.82, 2.24) is 4.48 Å². The average molecular weight is 493 g/mol. The van der Waals surface area contributed by atoms with Crippen LogP contribution >= 0.6 is 0 Å². The molecule has 1 aliphatic heterocycles. The number of rotatable bonds is 3. The summed E-state index contributed by atoms with van der Waals surface area (Å²) in [6, 6.07) is 6.25. The number of aryl methyl sites for hydroxylation is 2. The van der Waals surface area contributed by atoms with Gasteiger partial charge in [-0.1, -0.05) is 45.9 Å². The average Bonchev–Trinajstić information content (AvgIpc) is 3.38. The van der Waals surface area contributed by atoms with Crippen molar-refractivity contribution in [1.29, 1.82) is 0 Å². The molecule has 0 atom stereocenters. The van der Waals surface area contributed by atoms with E-state index in [1.54, 1.807) is 0 Å². The highest BCUT2D eigenvalue weighted by Gasteiger charge is 2.36. The van der Waals surface area contributed by atoms with E-state index in [0.717, 1.165) is 101 Å². The van der Waals surface area contributed by atoms with Gasteiger partial charge in [-0.25, -0.2) is 0 Å². The maximum absolute atomic E-state index is 14.6. The standard InChI is InChI=1S/C27H31BF2N2.2C2H6/c1-16-10-9-11-17(2)24(16)25(26-22-14-7-5-12-20(22)18(3)31-26)27-23-15-8-6-13-21(23)19(4)32(27)28(29)30;2*1-2/h9-11H,5-8,12-15H2,1-4H3;2*1-2H3/b26-25-;;. The molecule has 2 aliphatic carbocycles. The largest absolute Gasteiger partial charge is 0.677 e. The van der Waals surface area contributed by atoms with Crippen molar-refractivity contribution in [3.8, 4) is 0 Å². The Morgan fingerprint density at radius 2 is 1.31 bits per heavy atom. The number of hydrogen-bond acceptors (Lipinski definition) is 1. The monoisotopic (exact) mass is 492 g/mol. The molecule has 0 bridgehead atoms. The van der Waals surface area contributed by atoms with E-state index in [4.69, 9.17) is 4.99 Å². The molecule has 36 heavy (non-hydrogen) atoms. The van der Waals surface area contributed by atoms with Gasteiger partial charge in [-0.15, -0.1) is 0 Å². The third kappa shape index (κ3) is 4.90. The summed E-state index contributed by atoms with van der Waals surface area (Å²) in [6.07, 6.45) is 8.22. The van der Waals surface area contributed by atoms with Gasteiger partial charge in [0.1, 0.15) is 0 Å². The van der Waals surface area contributed by atoms with Crippen LogP contribution in [-0.2, 0) is 12.8 Å². The topological polar surface area (TPSA) is 17.3 Å². The number of allylic oxidation sites excluding steroid dienone is 2. The van der Waals surface area contributed by atoms with Gasteiger partial charge in [0.2, 0.25) is 0 Å². The minimum Gasteiger partial charge on any atom is -0.329 e. The molecule has 1 aromatic carbocycles. The first-order valence-corrected chi connectivity index (χ1v) is 14.0. The van der Waals surface area contributed by atoms with Gasteiger partial charge in [0.05, 0.1) is 5.70 Å². The smallest absolute Gasteiger partial charge is 0.329 e. The van der Waals surface area contributed by atoms with Crippen LogP contribution in [0.1, 0.15) is 112 Å². The second kappa shape index (κ2) is 12.2. The Morgan fingerprint density at radius 1 is 0.778 bits per heavy atom. The number of nitrogens with zero attached hydrogens (tertiary/aromatic N) is 2. The second-order valence-electron chi connectivity index (χ2n) is 9.60. The summed E-state index contributed by atoms with van der Waals surface area (Å²) in [5, 5.41) is 0. The number of fused-ring (bicyclic) bond motifs is 1. The number of benzene rings is 1. The highest BCUT2D eigenvalue weighted by atomic mass is 19.2. The van der Waals surface area contributed by atoms with Crippen LogP contribution in [-0.4, -0.2) is 17.6 Å². The lowest BCUT2D eigenvalue weighted by Crippen LogP contribution is -2.19. The van der Waals surface area contributed by atoms with Gasteiger partial charge in [0, 0.05) is 22.7 Å². The van der Waals surface area contributed by atoms with E-state index in [0.29, 0.717) is 0 Å². The van der Waals surface area contributed by atoms with Crippen LogP contribution in [0.15, 0.2) is 40.0 Å². The SMILES string of the molecule is CC.CC.CC1=N/C(=C(/c2c(C)cccc2C)c2c3c(c(C)n2B(F)F)CCCC3)C2=C1CCCC2. The Labute approximate surface area is 217 Å². The molecule has 0 saturated carbocycles. The summed E-state index contributed by atoms with van der Waals surface area (Å²) in [4.78, 5) is 5.09. The minimum absolute atomic E-state index is 0.718. The van der Waals surface area contributed by atoms with Crippen molar-refractivity contribution in [2.75, 3.05) is 0 Å². The van der Waals surface area contributed by atoms with Crippen molar-refractivity contribution in [2.24, 2.45) is 4.99 Å². The quantitative estimate of drug-likeness (QED) is 0.380. The molecule has 194 valence electrons. The van der Waals surface area contributed by atoms with E-state index < -0.39 is 7.40 Å². The number of aromatic nitrogens is 1. The third-order valence-corrected chi connectivity index (χ3v) is 7.66. The first-order chi connectivity index (χ1) is 17.4. The van der Waals surface area contributed by atoms with Crippen molar-refractivity contribution in [3.05, 3.63) is 74.2 Å². The molecule has 0 fully saturated rings. The van der Waals surface area contributed by atoms with Crippen molar-refractivity contribution < 1.29 is 8.63 Å². The van der Waals surface area contributed by atoms with Crippen LogP contribution in [0.25, 0.3) is 5.57 Å². The van der Waals surface area contributed by atoms with E-state index in [9.17, 15) is 8.63 Å². The fourth-order valence-electron chi connectivity index (χ4n) is 6.17. The summed E-state index contributed by atoms with van der Waals surface area (Å²) in [6.45, 7) is 16.2. The maximum Gasteiger partial charge on any atom is 0.677 e. The van der Waals surface area contributed by atoms with Crippen molar-refractivity contribution in [2.45, 2.75) is 107 Å². The molecule has 5 heteroatoms. The third-order valence-electron chi connectivity index (χ3n) is 7.66. The second-order valence-corrected chi connectivity index (χ2v) is 9.60. The number of hydrogen-bond donors (Lipinski definition) is 0. The Morgan fingerprint density at radius 3 is 1.89 bits per heavy atom. The highest BCUT2D eigenvalue weighted by molar-refractivity contribution is 6.41. The Hall–Kier alpha value is -2.43. The molecule has 0 N–H and O–H groups in total. The Kier molecular flexibility index (Phi) is 9.55. The van der Waals surface area contributed by atoms with Crippen LogP contribution in [0, 0.1) is 20.8 Å². The van der Waals surface area contributed by atoms with Crippen molar-refractivity contribution >= 4 is 18.7 Å². The lowest BCUT2D eigenvalue weighted by molar-refractivity contribution is 0.623. The minimum atomic E-state index is -2.57. The van der Waals surface area contributed by atoms with E-state index in [1.807, 2.05) is 34.6 Å². The number of aliphatic imine (C=N–C) groups is 1. The summed E-state index contributed by atoms with van der Waals surface area (Å²) in [7, 11) is -2.57. The first kappa shape index (κ1) is 28.2. The molecule has 2 heterocycles. The molecule has 5 rings (SSSR count). The van der Waals surface area contributed by atoms with Crippen LogP contribution in [0.3, 0.4) is 0 Å². The molecular formula is C31H43BF2N2. The van der Waals surface area contributed by atoms with Crippen molar-refractivity contribution in [3.63, 3.8) is 0 Å². The van der Waals surface area contributed by atoms with Gasteiger partial charge in [-0.3, -0.25) is 13.6 Å². The molecule has 3 aliphatic rings. The molecule has 0 amide bonds. The molecular weight excluding hydrogens is 449 g/mol. The molecule has 2 aromatic rings. The molecule has 0 radical (unpaired) electrons. The zero-order valence-corrected chi connectivity index (χ0v) is 23.6. The van der Waals surface area contributed by atoms with Crippen LogP contribution in [0.2, 0.25) is 0 Å². The lowest BCUT2D eigenvalue weighted by Gasteiger charge is -2.23. The summed E-state index contributed by atoms with van der Waals surface area (Å²) < 4.78 is 30.6. The fraction of sp³-hybridized carbons (Fsp3) is 0.516. The molecule has 0 unspecified atom stereocenters. The van der Waals surface area contributed by atoms with Crippen LogP contribution in [0.5, 0.6) is 0 Å². The predicted molar refractivity (Wildman–Crippen MR) is 152 cm³/mol. The molecule has 0 saturated heterocycles. The number of halogens is 2. The van der Waals surface area contributed by atoms with E-state index in [-0.39, 0.29) is 0 Å². The van der Waals surface area contributed by atoms with Gasteiger partial charge in [-0.05, 0) is 118 Å². The lowest BCUT2D eigenvalue weighted by atomic mass is 9.83. The van der Waals surface area contributed by atoms with Gasteiger partial charge in [-0.2, -0.15) is 0 Å². The summed E-state index contributed by atoms with van der Waals surface area (Å²) in [5.41, 5.74) is 12.6. The summed E-state index contributed by atoms with van der Waals surface area (Å²) in [5.74, 6) is 0. The highest BCUT2D eigenvalue weighted by Crippen LogP contribution is 2.46. The zero-order valence-electron chi connectivity index (χ0n) is 23.6. The van der Waals surface area contributed by atoms with E-state index in [1.165, 1.54) is 22.0 Å². The van der Waals surface area contributed by atoms with Gasteiger partial charge in [0.25, 0.3) is 0 Å². The maximum atomic E-state index is 14.6. The molecule has 0 spiro atoms. The van der Waals surface area contributed by atoms with E-state index >= 15 is 0 Å². The molecule has 2 nitrogen and oxygen atoms in total. The van der Waals surface area contributed by atoms with Crippen LogP contribution < -0.4 is 0 Å².